The molecule has 1 amide bonds. The molecule has 0 unspecified atom stereocenters. The Bertz CT molecular complexity index is 1130. The molecule has 1 fully saturated rings. The topological polar surface area (TPSA) is 85.8 Å². The number of ether oxygens (including phenoxy) is 1. The first-order valence-electron chi connectivity index (χ1n) is 11.1. The summed E-state index contributed by atoms with van der Waals surface area (Å²) in [7, 11) is 0. The van der Waals surface area contributed by atoms with Gasteiger partial charge in [0, 0.05) is 31.5 Å². The third-order valence-electron chi connectivity index (χ3n) is 6.61. The van der Waals surface area contributed by atoms with E-state index in [2.05, 4.69) is 5.16 Å². The van der Waals surface area contributed by atoms with Crippen LogP contribution in [0.2, 0.25) is 0 Å². The maximum atomic E-state index is 13.0. The lowest BCUT2D eigenvalue weighted by Gasteiger charge is -2.37. The van der Waals surface area contributed by atoms with Gasteiger partial charge >= 0.3 is 0 Å². The molecule has 2 aromatic heterocycles. The summed E-state index contributed by atoms with van der Waals surface area (Å²) in [6.45, 7) is 5.02. The molecule has 7 nitrogen and oxygen atoms in total. The minimum Gasteiger partial charge on any atom is -0.489 e. The Balaban J connectivity index is 1.19. The molecule has 5 rings (SSSR count). The maximum absolute atomic E-state index is 13.0. The lowest BCUT2D eigenvalue weighted by molar-refractivity contribution is 0.0436. The van der Waals surface area contributed by atoms with Crippen LogP contribution >= 0.6 is 0 Å². The number of hydrogen-bond acceptors (Lipinski definition) is 6. The van der Waals surface area contributed by atoms with Gasteiger partial charge in [0.15, 0.2) is 11.5 Å². The number of carbonyl (C=O) groups is 2. The average molecular weight is 434 g/mol. The fourth-order valence-corrected chi connectivity index (χ4v) is 4.71. The molecule has 0 bridgehead atoms. The van der Waals surface area contributed by atoms with Crippen molar-refractivity contribution in [3.63, 3.8) is 0 Å². The number of nitrogens with zero attached hydrogens (tertiary/aromatic N) is 2. The average Bonchev–Trinajstić information content (AvgIpc) is 3.41. The Morgan fingerprint density at radius 3 is 2.66 bits per heavy atom. The van der Waals surface area contributed by atoms with Gasteiger partial charge in [0.2, 0.25) is 0 Å². The SMILES string of the molecule is Cc1noc(C)c1Cc1ccc(C(=O)N2CCC([C@@H]3CC(=O)c4ccccc4O3)CC2)o1. The van der Waals surface area contributed by atoms with Crippen molar-refractivity contribution in [3.05, 3.63) is 70.5 Å². The summed E-state index contributed by atoms with van der Waals surface area (Å²) in [4.78, 5) is 27.3. The van der Waals surface area contributed by atoms with Gasteiger partial charge in [-0.05, 0) is 56.9 Å². The Morgan fingerprint density at radius 2 is 1.91 bits per heavy atom. The highest BCUT2D eigenvalue weighted by Crippen LogP contribution is 2.34. The Kier molecular flexibility index (Phi) is 5.33. The van der Waals surface area contributed by atoms with E-state index in [4.69, 9.17) is 13.7 Å². The molecule has 4 heterocycles. The molecule has 1 atom stereocenters. The zero-order valence-corrected chi connectivity index (χ0v) is 18.3. The van der Waals surface area contributed by atoms with Crippen molar-refractivity contribution in [3.8, 4) is 5.75 Å². The normalized spacial score (nSPS) is 19.0. The van der Waals surface area contributed by atoms with Crippen molar-refractivity contribution >= 4 is 11.7 Å². The van der Waals surface area contributed by atoms with E-state index < -0.39 is 0 Å². The first-order chi connectivity index (χ1) is 15.5. The third kappa shape index (κ3) is 3.83. The number of amides is 1. The van der Waals surface area contributed by atoms with Gasteiger partial charge in [0.05, 0.1) is 11.3 Å². The number of likely N-dealkylation sites (tertiary alicyclic amines) is 1. The van der Waals surface area contributed by atoms with E-state index in [1.807, 2.05) is 49.1 Å². The number of ketones is 1. The smallest absolute Gasteiger partial charge is 0.289 e. The van der Waals surface area contributed by atoms with Crippen LogP contribution in [0.25, 0.3) is 0 Å². The van der Waals surface area contributed by atoms with Crippen LogP contribution in [0.4, 0.5) is 0 Å². The van der Waals surface area contributed by atoms with Crippen molar-refractivity contribution in [1.29, 1.82) is 0 Å². The highest BCUT2D eigenvalue weighted by molar-refractivity contribution is 5.99. The van der Waals surface area contributed by atoms with Gasteiger partial charge in [0.25, 0.3) is 5.91 Å². The number of Topliss-reactive ketones (excluding diaryl/α,β-unsaturated/α-hetero) is 1. The second-order valence-electron chi connectivity index (χ2n) is 8.65. The van der Waals surface area contributed by atoms with Crippen molar-refractivity contribution < 1.29 is 23.3 Å². The van der Waals surface area contributed by atoms with Gasteiger partial charge in [0.1, 0.15) is 23.4 Å². The molecule has 0 aliphatic carbocycles. The molecule has 1 saturated heterocycles. The second-order valence-corrected chi connectivity index (χ2v) is 8.65. The monoisotopic (exact) mass is 434 g/mol. The van der Waals surface area contributed by atoms with Crippen LogP contribution in [0.5, 0.6) is 5.75 Å². The van der Waals surface area contributed by atoms with Crippen LogP contribution in [-0.2, 0) is 6.42 Å². The molecule has 32 heavy (non-hydrogen) atoms. The van der Waals surface area contributed by atoms with Crippen LogP contribution in [0, 0.1) is 19.8 Å². The van der Waals surface area contributed by atoms with Gasteiger partial charge in [-0.25, -0.2) is 0 Å². The van der Waals surface area contributed by atoms with E-state index in [0.717, 1.165) is 29.9 Å². The third-order valence-corrected chi connectivity index (χ3v) is 6.61. The number of furan rings is 1. The Hall–Kier alpha value is -3.35. The summed E-state index contributed by atoms with van der Waals surface area (Å²) >= 11 is 0. The molecule has 0 saturated carbocycles. The van der Waals surface area contributed by atoms with Crippen molar-refractivity contribution in [2.24, 2.45) is 5.92 Å². The molecule has 7 heteroatoms. The first kappa shape index (κ1) is 20.5. The van der Waals surface area contributed by atoms with Crippen molar-refractivity contribution in [2.75, 3.05) is 13.1 Å². The van der Waals surface area contributed by atoms with E-state index in [-0.39, 0.29) is 23.7 Å². The Labute approximate surface area is 186 Å². The minimum atomic E-state index is -0.125. The van der Waals surface area contributed by atoms with Gasteiger partial charge in [-0.15, -0.1) is 0 Å². The van der Waals surface area contributed by atoms with Gasteiger partial charge < -0.3 is 18.6 Å². The summed E-state index contributed by atoms with van der Waals surface area (Å²) in [5, 5.41) is 3.97. The molecular weight excluding hydrogens is 408 g/mol. The van der Waals surface area contributed by atoms with Crippen LogP contribution in [0.1, 0.15) is 63.0 Å². The number of aryl methyl sites for hydroxylation is 2. The molecule has 2 aliphatic rings. The number of fused-ring (bicyclic) bond motifs is 1. The number of hydrogen-bond donors (Lipinski definition) is 0. The van der Waals surface area contributed by atoms with E-state index in [1.165, 1.54) is 0 Å². The summed E-state index contributed by atoms with van der Waals surface area (Å²) in [5.74, 6) is 2.79. The van der Waals surface area contributed by atoms with E-state index in [1.54, 1.807) is 6.07 Å². The maximum Gasteiger partial charge on any atom is 0.289 e. The molecule has 166 valence electrons. The number of benzene rings is 1. The summed E-state index contributed by atoms with van der Waals surface area (Å²) in [5.41, 5.74) is 2.49. The lowest BCUT2D eigenvalue weighted by atomic mass is 9.86. The highest BCUT2D eigenvalue weighted by Gasteiger charge is 2.35. The van der Waals surface area contributed by atoms with Crippen LogP contribution < -0.4 is 4.74 Å². The van der Waals surface area contributed by atoms with Crippen molar-refractivity contribution in [2.45, 2.75) is 45.6 Å². The number of piperidine rings is 1. The summed E-state index contributed by atoms with van der Waals surface area (Å²) < 4.78 is 17.2. The predicted octanol–water partition coefficient (Wildman–Crippen LogP) is 4.36. The van der Waals surface area contributed by atoms with E-state index in [9.17, 15) is 9.59 Å². The largest absolute Gasteiger partial charge is 0.489 e. The van der Waals surface area contributed by atoms with Crippen LogP contribution in [0.15, 0.2) is 45.3 Å². The summed E-state index contributed by atoms with van der Waals surface area (Å²) in [6, 6.07) is 11.0. The number of rotatable bonds is 4. The summed E-state index contributed by atoms with van der Waals surface area (Å²) in [6.07, 6.45) is 2.43. The van der Waals surface area contributed by atoms with Gasteiger partial charge in [-0.3, -0.25) is 9.59 Å². The quantitative estimate of drug-likeness (QED) is 0.606. The zero-order chi connectivity index (χ0) is 22.2. The number of aromatic nitrogens is 1. The molecular formula is C25H26N2O5. The zero-order valence-electron chi connectivity index (χ0n) is 18.3. The molecule has 1 aromatic carbocycles. The van der Waals surface area contributed by atoms with E-state index >= 15 is 0 Å². The molecule has 0 N–H and O–H groups in total. The van der Waals surface area contributed by atoms with Crippen LogP contribution in [-0.4, -0.2) is 40.9 Å². The predicted molar refractivity (Wildman–Crippen MR) is 116 cm³/mol. The fraction of sp³-hybridized carbons (Fsp3) is 0.400. The number of carbonyl (C=O) groups excluding carboxylic acids is 2. The number of para-hydroxylation sites is 1. The molecule has 0 spiro atoms. The minimum absolute atomic E-state index is 0.0977. The first-order valence-corrected chi connectivity index (χ1v) is 11.1. The van der Waals surface area contributed by atoms with E-state index in [0.29, 0.717) is 48.8 Å². The fourth-order valence-electron chi connectivity index (χ4n) is 4.71. The standard InChI is InChI=1S/C25H26N2O5/c1-15-20(16(2)32-26-15)13-18-7-8-23(30-18)25(29)27-11-9-17(10-12-27)24-14-21(28)19-5-3-4-6-22(19)31-24/h3-8,17,24H,9-14H2,1-2H3/t24-/m0/s1. The lowest BCUT2D eigenvalue weighted by Crippen LogP contribution is -2.44. The Morgan fingerprint density at radius 1 is 1.12 bits per heavy atom. The highest BCUT2D eigenvalue weighted by atomic mass is 16.5. The van der Waals surface area contributed by atoms with Gasteiger partial charge in [-0.2, -0.15) is 0 Å². The molecule has 3 aromatic rings. The van der Waals surface area contributed by atoms with Gasteiger partial charge in [-0.1, -0.05) is 17.3 Å². The second kappa shape index (κ2) is 8.30. The molecule has 0 radical (unpaired) electrons. The van der Waals surface area contributed by atoms with Crippen LogP contribution in [0.3, 0.4) is 0 Å². The molecule has 2 aliphatic heterocycles. The van der Waals surface area contributed by atoms with Crippen molar-refractivity contribution in [1.82, 2.24) is 10.1 Å².